The number of nitrogens with two attached hydrogens (primary N) is 1. The molecule has 1 amide bonds. The van der Waals surface area contributed by atoms with E-state index in [1.165, 1.54) is 24.3 Å². The molecule has 1 aromatic rings. The van der Waals surface area contributed by atoms with Gasteiger partial charge in [0.1, 0.15) is 12.4 Å². The fourth-order valence-corrected chi connectivity index (χ4v) is 4.45. The van der Waals surface area contributed by atoms with E-state index in [-0.39, 0.29) is 35.6 Å². The van der Waals surface area contributed by atoms with Gasteiger partial charge in [-0.25, -0.2) is 12.8 Å². The van der Waals surface area contributed by atoms with Gasteiger partial charge in [-0.15, -0.1) is 0 Å². The summed E-state index contributed by atoms with van der Waals surface area (Å²) >= 11 is 0. The van der Waals surface area contributed by atoms with Gasteiger partial charge in [0, 0.05) is 31.6 Å². The highest BCUT2D eigenvalue weighted by molar-refractivity contribution is 7.91. The first-order valence-electron chi connectivity index (χ1n) is 8.57. The molecule has 1 aliphatic rings. The predicted molar refractivity (Wildman–Crippen MR) is 97.2 cm³/mol. The number of rotatable bonds is 9. The topological polar surface area (TPSA) is 89.7 Å². The van der Waals surface area contributed by atoms with Crippen molar-refractivity contribution in [3.63, 3.8) is 0 Å². The van der Waals surface area contributed by atoms with Crippen molar-refractivity contribution in [1.82, 2.24) is 4.90 Å². The molecule has 2 rings (SSSR count). The number of nitrogens with zero attached hydrogens (tertiary/aromatic N) is 1. The van der Waals surface area contributed by atoms with E-state index < -0.39 is 9.84 Å². The number of hydrogen-bond acceptors (Lipinski definition) is 5. The van der Waals surface area contributed by atoms with Crippen molar-refractivity contribution < 1.29 is 22.3 Å². The van der Waals surface area contributed by atoms with Gasteiger partial charge in [-0.05, 0) is 36.6 Å². The van der Waals surface area contributed by atoms with Crippen LogP contribution in [0.5, 0.6) is 5.75 Å². The molecule has 8 heteroatoms. The predicted octanol–water partition coefficient (Wildman–Crippen LogP) is 1.91. The van der Waals surface area contributed by atoms with Crippen LogP contribution in [0.4, 0.5) is 4.39 Å². The van der Waals surface area contributed by atoms with E-state index in [9.17, 15) is 17.6 Å². The van der Waals surface area contributed by atoms with Gasteiger partial charge in [0.2, 0.25) is 5.91 Å². The van der Waals surface area contributed by atoms with Crippen LogP contribution in [-0.2, 0) is 14.6 Å². The van der Waals surface area contributed by atoms with Crippen molar-refractivity contribution in [2.24, 2.45) is 11.7 Å². The molecule has 1 saturated heterocycles. The van der Waals surface area contributed by atoms with E-state index in [0.717, 1.165) is 6.42 Å². The average molecular weight is 384 g/mol. The number of likely N-dealkylation sites (tertiary alicyclic amines) is 1. The lowest BCUT2D eigenvalue weighted by molar-refractivity contribution is -0.128. The summed E-state index contributed by atoms with van der Waals surface area (Å²) in [6.07, 6.45) is 1.79. The normalized spacial score (nSPS) is 16.8. The fraction of sp³-hybridized carbons (Fsp3) is 0.500. The molecule has 0 bridgehead atoms. The van der Waals surface area contributed by atoms with Crippen molar-refractivity contribution in [3.8, 4) is 5.75 Å². The number of carbonyl (C=O) groups excluding carboxylic acids is 1. The lowest BCUT2D eigenvalue weighted by atomic mass is 10.2. The van der Waals surface area contributed by atoms with Crippen molar-refractivity contribution in [2.75, 3.05) is 32.0 Å². The molecule has 1 fully saturated rings. The Balaban J connectivity index is 1.94. The molecular weight excluding hydrogens is 359 g/mol. The summed E-state index contributed by atoms with van der Waals surface area (Å²) in [5.74, 6) is 0.348. The quantitative estimate of drug-likeness (QED) is 0.702. The smallest absolute Gasteiger partial charge is 0.222 e. The Morgan fingerprint density at radius 1 is 1.38 bits per heavy atom. The maximum absolute atomic E-state index is 12.5. The second-order valence-electron chi connectivity index (χ2n) is 6.56. The molecule has 26 heavy (non-hydrogen) atoms. The molecule has 144 valence electrons. The molecule has 0 radical (unpaired) electrons. The highest BCUT2D eigenvalue weighted by Gasteiger charge is 2.25. The van der Waals surface area contributed by atoms with Gasteiger partial charge in [0.05, 0.1) is 17.0 Å². The van der Waals surface area contributed by atoms with Gasteiger partial charge in [-0.2, -0.15) is 0 Å². The summed E-state index contributed by atoms with van der Waals surface area (Å²) in [6, 6.07) is 6.02. The van der Waals surface area contributed by atoms with Gasteiger partial charge in [0.15, 0.2) is 9.84 Å². The number of carbonyl (C=O) groups is 1. The molecule has 1 atom stereocenters. The zero-order valence-electron chi connectivity index (χ0n) is 14.9. The summed E-state index contributed by atoms with van der Waals surface area (Å²) < 4.78 is 42.9. The van der Waals surface area contributed by atoms with Crippen molar-refractivity contribution >= 4 is 15.7 Å². The van der Waals surface area contributed by atoms with E-state index in [4.69, 9.17) is 10.5 Å². The summed E-state index contributed by atoms with van der Waals surface area (Å²) in [4.78, 5) is 13.6. The van der Waals surface area contributed by atoms with E-state index in [1.54, 1.807) is 4.90 Å². The Hall–Kier alpha value is -1.93. The van der Waals surface area contributed by atoms with Crippen LogP contribution in [0.1, 0.15) is 19.8 Å². The van der Waals surface area contributed by atoms with E-state index in [0.29, 0.717) is 37.2 Å². The zero-order valence-corrected chi connectivity index (χ0v) is 15.7. The molecule has 1 heterocycles. The summed E-state index contributed by atoms with van der Waals surface area (Å²) in [7, 11) is -3.46. The molecule has 2 N–H and O–H groups in total. The Morgan fingerprint density at radius 2 is 2.08 bits per heavy atom. The van der Waals surface area contributed by atoms with Crippen LogP contribution >= 0.6 is 0 Å². The van der Waals surface area contributed by atoms with Crippen LogP contribution in [-0.4, -0.2) is 51.2 Å². The molecule has 0 aromatic heterocycles. The van der Waals surface area contributed by atoms with Crippen molar-refractivity contribution in [1.29, 1.82) is 0 Å². The summed E-state index contributed by atoms with van der Waals surface area (Å²) in [5.41, 5.74) is 5.66. The minimum Gasteiger partial charge on any atom is -0.489 e. The van der Waals surface area contributed by atoms with Crippen LogP contribution in [0.2, 0.25) is 0 Å². The monoisotopic (exact) mass is 384 g/mol. The Morgan fingerprint density at radius 3 is 2.62 bits per heavy atom. The lowest BCUT2D eigenvalue weighted by Gasteiger charge is -2.20. The number of hydrogen-bond donors (Lipinski definition) is 1. The average Bonchev–Trinajstić information content (AvgIpc) is 3.00. The fourth-order valence-electron chi connectivity index (χ4n) is 2.85. The van der Waals surface area contributed by atoms with Gasteiger partial charge >= 0.3 is 0 Å². The third kappa shape index (κ3) is 5.54. The first-order chi connectivity index (χ1) is 12.4. The van der Waals surface area contributed by atoms with Crippen LogP contribution in [0, 0.1) is 5.92 Å². The SMILES string of the molecule is CC(CN1CCCC1=O)CS(=O)(=O)c1ccc(OCC(=CF)CN)cc1. The standard InChI is InChI=1S/C18H25FN2O4S/c1-14(11-21-8-2-3-18(21)22)13-26(23,24)17-6-4-16(5-7-17)25-12-15(9-19)10-20/h4-7,9,14H,2-3,8,10-13,20H2,1H3. The van der Waals surface area contributed by atoms with Crippen LogP contribution in [0.15, 0.2) is 41.1 Å². The highest BCUT2D eigenvalue weighted by atomic mass is 32.2. The molecule has 1 unspecified atom stereocenters. The second-order valence-corrected chi connectivity index (χ2v) is 8.60. The van der Waals surface area contributed by atoms with Gasteiger partial charge in [-0.1, -0.05) is 6.92 Å². The van der Waals surface area contributed by atoms with Crippen LogP contribution < -0.4 is 10.5 Å². The maximum atomic E-state index is 12.5. The van der Waals surface area contributed by atoms with Crippen LogP contribution in [0.3, 0.4) is 0 Å². The van der Waals surface area contributed by atoms with Gasteiger partial charge in [-0.3, -0.25) is 4.79 Å². The second kappa shape index (κ2) is 9.14. The third-order valence-corrected chi connectivity index (χ3v) is 6.23. The number of benzene rings is 1. The van der Waals surface area contributed by atoms with Crippen molar-refractivity contribution in [2.45, 2.75) is 24.7 Å². The number of ether oxygens (including phenoxy) is 1. The van der Waals surface area contributed by atoms with Gasteiger partial charge < -0.3 is 15.4 Å². The van der Waals surface area contributed by atoms with Crippen molar-refractivity contribution in [3.05, 3.63) is 36.2 Å². The lowest BCUT2D eigenvalue weighted by Crippen LogP contribution is -2.32. The molecule has 6 nitrogen and oxygen atoms in total. The molecule has 1 aliphatic heterocycles. The molecular formula is C18H25FN2O4S. The van der Waals surface area contributed by atoms with E-state index in [2.05, 4.69) is 0 Å². The highest BCUT2D eigenvalue weighted by Crippen LogP contribution is 2.20. The molecule has 0 aliphatic carbocycles. The van der Waals surface area contributed by atoms with Crippen LogP contribution in [0.25, 0.3) is 0 Å². The number of sulfone groups is 1. The zero-order chi connectivity index (χ0) is 19.2. The Labute approximate surface area is 153 Å². The maximum Gasteiger partial charge on any atom is 0.222 e. The summed E-state index contributed by atoms with van der Waals surface area (Å²) in [5, 5.41) is 0. The minimum atomic E-state index is -3.46. The summed E-state index contributed by atoms with van der Waals surface area (Å²) in [6.45, 7) is 3.06. The Bertz CT molecular complexity index is 747. The van der Waals surface area contributed by atoms with E-state index >= 15 is 0 Å². The largest absolute Gasteiger partial charge is 0.489 e. The van der Waals surface area contributed by atoms with E-state index in [1.807, 2.05) is 6.92 Å². The first-order valence-corrected chi connectivity index (χ1v) is 10.2. The third-order valence-electron chi connectivity index (χ3n) is 4.23. The molecule has 0 spiro atoms. The first kappa shape index (κ1) is 20.4. The number of amides is 1. The van der Waals surface area contributed by atoms with Gasteiger partial charge in [0.25, 0.3) is 0 Å². The molecule has 1 aromatic carbocycles. The minimum absolute atomic E-state index is 0.0139. The Kier molecular flexibility index (Phi) is 7.16. The number of halogens is 1. The molecule has 0 saturated carbocycles.